The first-order valence-electron chi connectivity index (χ1n) is 4.04. The van der Waals surface area contributed by atoms with E-state index in [4.69, 9.17) is 17.3 Å². The lowest BCUT2D eigenvalue weighted by Gasteiger charge is -2.19. The summed E-state index contributed by atoms with van der Waals surface area (Å²) in [7, 11) is 0. The number of nitrogens with two attached hydrogens (primary N) is 1. The summed E-state index contributed by atoms with van der Waals surface area (Å²) in [6.45, 7) is 5.68. The number of nitrogens with one attached hydrogen (secondary N) is 1. The van der Waals surface area contributed by atoms with Gasteiger partial charge in [-0.15, -0.1) is 0 Å². The summed E-state index contributed by atoms with van der Waals surface area (Å²) in [4.78, 5) is 15.7. The highest BCUT2D eigenvalue weighted by molar-refractivity contribution is 7.17. The molecule has 0 aromatic carbocycles. The van der Waals surface area contributed by atoms with Gasteiger partial charge in [0.05, 0.1) is 0 Å². The highest BCUT2D eigenvalue weighted by Gasteiger charge is 2.20. The third-order valence-electron chi connectivity index (χ3n) is 1.30. The molecule has 0 aliphatic heterocycles. The third kappa shape index (κ3) is 2.85. The van der Waals surface area contributed by atoms with E-state index in [-0.39, 0.29) is 16.6 Å². The number of carbonyl (C=O) groups is 1. The Morgan fingerprint density at radius 2 is 2.14 bits per heavy atom. The largest absolute Gasteiger partial charge is 0.375 e. The highest BCUT2D eigenvalue weighted by atomic mass is 35.5. The first kappa shape index (κ1) is 11.3. The van der Waals surface area contributed by atoms with Gasteiger partial charge in [0.15, 0.2) is 10.3 Å². The van der Waals surface area contributed by atoms with Crippen LogP contribution in [0.3, 0.4) is 0 Å². The fourth-order valence-electron chi connectivity index (χ4n) is 0.854. The Bertz CT molecular complexity index is 356. The molecule has 1 aromatic rings. The van der Waals surface area contributed by atoms with Crippen LogP contribution >= 0.6 is 22.9 Å². The number of aromatic nitrogens is 1. The molecule has 0 radical (unpaired) electrons. The first-order chi connectivity index (χ1) is 6.29. The zero-order valence-corrected chi connectivity index (χ0v) is 9.79. The van der Waals surface area contributed by atoms with E-state index in [1.807, 2.05) is 20.8 Å². The fourth-order valence-corrected chi connectivity index (χ4v) is 1.82. The van der Waals surface area contributed by atoms with Crippen LogP contribution in [-0.4, -0.2) is 16.4 Å². The molecule has 0 aliphatic rings. The second kappa shape index (κ2) is 3.74. The van der Waals surface area contributed by atoms with Crippen molar-refractivity contribution in [3.05, 3.63) is 10.0 Å². The zero-order valence-electron chi connectivity index (χ0n) is 8.22. The lowest BCUT2D eigenvalue weighted by molar-refractivity contribution is 0.0923. The molecule has 0 aliphatic carbocycles. The van der Waals surface area contributed by atoms with Crippen molar-refractivity contribution in [2.24, 2.45) is 0 Å². The Hall–Kier alpha value is -0.810. The van der Waals surface area contributed by atoms with Crippen molar-refractivity contribution < 1.29 is 4.79 Å². The van der Waals surface area contributed by atoms with Crippen LogP contribution in [0.25, 0.3) is 0 Å². The highest BCUT2D eigenvalue weighted by Crippen LogP contribution is 2.24. The summed E-state index contributed by atoms with van der Waals surface area (Å²) in [5, 5.41) is 3.24. The van der Waals surface area contributed by atoms with Crippen LogP contribution in [0, 0.1) is 0 Å². The van der Waals surface area contributed by atoms with Crippen molar-refractivity contribution in [1.29, 1.82) is 0 Å². The van der Waals surface area contributed by atoms with Crippen LogP contribution in [0.15, 0.2) is 0 Å². The standard InChI is InChI=1S/C8H12ClN3OS/c1-8(2,3)12-6(13)4-5(9)11-7(10)14-4/h1-3H3,(H2,10,11)(H,12,13). The first-order valence-corrected chi connectivity index (χ1v) is 5.23. The zero-order chi connectivity index (χ0) is 10.9. The molecule has 6 heteroatoms. The van der Waals surface area contributed by atoms with Gasteiger partial charge in [-0.05, 0) is 20.8 Å². The van der Waals surface area contributed by atoms with E-state index in [0.717, 1.165) is 11.3 Å². The van der Waals surface area contributed by atoms with Crippen LogP contribution in [0.1, 0.15) is 30.4 Å². The molecule has 14 heavy (non-hydrogen) atoms. The van der Waals surface area contributed by atoms with Crippen LogP contribution in [0.5, 0.6) is 0 Å². The number of hydrogen-bond acceptors (Lipinski definition) is 4. The van der Waals surface area contributed by atoms with E-state index < -0.39 is 0 Å². The van der Waals surface area contributed by atoms with E-state index in [1.165, 1.54) is 0 Å². The number of hydrogen-bond donors (Lipinski definition) is 2. The van der Waals surface area contributed by atoms with Gasteiger partial charge in [0, 0.05) is 5.54 Å². The number of nitrogen functional groups attached to an aromatic ring is 1. The molecule has 0 saturated heterocycles. The average molecular weight is 234 g/mol. The Morgan fingerprint density at radius 1 is 1.57 bits per heavy atom. The lowest BCUT2D eigenvalue weighted by atomic mass is 10.1. The topological polar surface area (TPSA) is 68.0 Å². The monoisotopic (exact) mass is 233 g/mol. The Kier molecular flexibility index (Phi) is 3.01. The number of nitrogens with zero attached hydrogens (tertiary/aromatic N) is 1. The maximum Gasteiger partial charge on any atom is 0.265 e. The number of carbonyl (C=O) groups excluding carboxylic acids is 1. The minimum Gasteiger partial charge on any atom is -0.375 e. The van der Waals surface area contributed by atoms with Crippen molar-refractivity contribution in [2.75, 3.05) is 5.73 Å². The molecule has 1 rings (SSSR count). The van der Waals surface area contributed by atoms with Gasteiger partial charge in [0.1, 0.15) is 4.88 Å². The van der Waals surface area contributed by atoms with E-state index in [9.17, 15) is 4.79 Å². The van der Waals surface area contributed by atoms with Crippen LogP contribution < -0.4 is 11.1 Å². The predicted molar refractivity (Wildman–Crippen MR) is 58.8 cm³/mol. The lowest BCUT2D eigenvalue weighted by Crippen LogP contribution is -2.40. The molecule has 0 fully saturated rings. The Morgan fingerprint density at radius 3 is 2.50 bits per heavy atom. The minimum absolute atomic E-state index is 0.161. The summed E-state index contributed by atoms with van der Waals surface area (Å²) in [6, 6.07) is 0. The molecular weight excluding hydrogens is 222 g/mol. The van der Waals surface area contributed by atoms with Crippen molar-refractivity contribution >= 4 is 34.0 Å². The third-order valence-corrected chi connectivity index (χ3v) is 2.57. The SMILES string of the molecule is CC(C)(C)NC(=O)c1sc(N)nc1Cl. The Labute approximate surface area is 91.5 Å². The number of halogens is 1. The second-order valence-electron chi connectivity index (χ2n) is 3.88. The van der Waals surface area contributed by atoms with Crippen molar-refractivity contribution in [2.45, 2.75) is 26.3 Å². The summed E-state index contributed by atoms with van der Waals surface area (Å²) in [5.41, 5.74) is 5.13. The van der Waals surface area contributed by atoms with Crippen molar-refractivity contribution in [3.63, 3.8) is 0 Å². The second-order valence-corrected chi connectivity index (χ2v) is 5.26. The maximum atomic E-state index is 11.6. The number of anilines is 1. The smallest absolute Gasteiger partial charge is 0.265 e. The van der Waals surface area contributed by atoms with Crippen LogP contribution in [-0.2, 0) is 0 Å². The summed E-state index contributed by atoms with van der Waals surface area (Å²) in [5.74, 6) is -0.239. The average Bonchev–Trinajstić information content (AvgIpc) is 2.26. The van der Waals surface area contributed by atoms with Gasteiger partial charge in [-0.3, -0.25) is 4.79 Å². The van der Waals surface area contributed by atoms with Gasteiger partial charge in [-0.25, -0.2) is 4.98 Å². The van der Waals surface area contributed by atoms with E-state index in [2.05, 4.69) is 10.3 Å². The van der Waals surface area contributed by atoms with Crippen molar-refractivity contribution in [1.82, 2.24) is 10.3 Å². The molecule has 3 N–H and O–H groups in total. The molecule has 0 atom stereocenters. The summed E-state index contributed by atoms with van der Waals surface area (Å²) < 4.78 is 0. The molecule has 0 saturated carbocycles. The molecule has 1 heterocycles. The summed E-state index contributed by atoms with van der Waals surface area (Å²) >= 11 is 6.81. The van der Waals surface area contributed by atoms with Gasteiger partial charge in [-0.2, -0.15) is 0 Å². The van der Waals surface area contributed by atoms with Gasteiger partial charge < -0.3 is 11.1 Å². The minimum atomic E-state index is -0.292. The van der Waals surface area contributed by atoms with Crippen LogP contribution in [0.2, 0.25) is 5.15 Å². The maximum absolute atomic E-state index is 11.6. The van der Waals surface area contributed by atoms with Crippen LogP contribution in [0.4, 0.5) is 5.13 Å². The normalized spacial score (nSPS) is 11.4. The molecule has 0 bridgehead atoms. The number of amides is 1. The number of thiazole rings is 1. The van der Waals surface area contributed by atoms with Gasteiger partial charge in [0.2, 0.25) is 0 Å². The van der Waals surface area contributed by atoms with Gasteiger partial charge in [-0.1, -0.05) is 22.9 Å². The molecule has 0 unspecified atom stereocenters. The van der Waals surface area contributed by atoms with E-state index >= 15 is 0 Å². The van der Waals surface area contributed by atoms with E-state index in [0.29, 0.717) is 10.0 Å². The quantitative estimate of drug-likeness (QED) is 0.779. The molecule has 78 valence electrons. The molecular formula is C8H12ClN3OS. The molecule has 4 nitrogen and oxygen atoms in total. The molecule has 0 spiro atoms. The Balaban J connectivity index is 2.85. The van der Waals surface area contributed by atoms with E-state index in [1.54, 1.807) is 0 Å². The predicted octanol–water partition coefficient (Wildman–Crippen LogP) is 1.91. The summed E-state index contributed by atoms with van der Waals surface area (Å²) in [6.07, 6.45) is 0. The fraction of sp³-hybridized carbons (Fsp3) is 0.500. The molecule has 1 amide bonds. The van der Waals surface area contributed by atoms with Gasteiger partial charge in [0.25, 0.3) is 5.91 Å². The number of rotatable bonds is 1. The molecule has 1 aromatic heterocycles. The van der Waals surface area contributed by atoms with Gasteiger partial charge >= 0.3 is 0 Å². The van der Waals surface area contributed by atoms with Crippen molar-refractivity contribution in [3.8, 4) is 0 Å².